The summed E-state index contributed by atoms with van der Waals surface area (Å²) in [6, 6.07) is 4.60. The van der Waals surface area contributed by atoms with E-state index >= 15 is 0 Å². The van der Waals surface area contributed by atoms with Gasteiger partial charge in [-0.15, -0.1) is 11.3 Å². The second kappa shape index (κ2) is 7.71. The molecule has 1 N–H and O–H groups in total. The molecule has 1 aromatic heterocycles. The first-order valence-electron chi connectivity index (χ1n) is 6.41. The Morgan fingerprint density at radius 1 is 1.45 bits per heavy atom. The molecule has 0 bridgehead atoms. The molecule has 0 spiro atoms. The normalized spacial score (nSPS) is 10.8. The van der Waals surface area contributed by atoms with E-state index < -0.39 is 0 Å². The van der Waals surface area contributed by atoms with Crippen LogP contribution in [0.1, 0.15) is 24.0 Å². The van der Waals surface area contributed by atoms with Crippen LogP contribution in [0.3, 0.4) is 0 Å². The standard InChI is InChI=1S/C14H16BrFN2OS/c1-2-5-17-7-14-18-10(9-20-14)8-19-11-3-4-13(16)12(15)6-11/h3-4,6,9,17H,2,5,7-8H2,1H3. The van der Waals surface area contributed by atoms with E-state index in [4.69, 9.17) is 4.74 Å². The van der Waals surface area contributed by atoms with Crippen molar-refractivity contribution in [3.8, 4) is 5.75 Å². The van der Waals surface area contributed by atoms with E-state index in [1.165, 1.54) is 6.07 Å². The molecule has 108 valence electrons. The largest absolute Gasteiger partial charge is 0.487 e. The highest BCUT2D eigenvalue weighted by Crippen LogP contribution is 2.22. The molecule has 1 aromatic carbocycles. The lowest BCUT2D eigenvalue weighted by Crippen LogP contribution is -2.13. The highest BCUT2D eigenvalue weighted by atomic mass is 79.9. The first kappa shape index (κ1) is 15.4. The molecular formula is C14H16BrFN2OS. The zero-order valence-electron chi connectivity index (χ0n) is 11.2. The Kier molecular flexibility index (Phi) is 5.94. The summed E-state index contributed by atoms with van der Waals surface area (Å²) >= 11 is 4.75. The number of benzene rings is 1. The predicted octanol–water partition coefficient (Wildman–Crippen LogP) is 4.12. The van der Waals surface area contributed by atoms with Gasteiger partial charge in [-0.2, -0.15) is 0 Å². The van der Waals surface area contributed by atoms with Gasteiger partial charge in [0.25, 0.3) is 0 Å². The Labute approximate surface area is 130 Å². The van der Waals surface area contributed by atoms with E-state index in [2.05, 4.69) is 33.2 Å². The first-order valence-corrected chi connectivity index (χ1v) is 8.08. The molecule has 0 radical (unpaired) electrons. The van der Waals surface area contributed by atoms with Gasteiger partial charge in [-0.3, -0.25) is 0 Å². The summed E-state index contributed by atoms with van der Waals surface area (Å²) in [5.74, 6) is 0.326. The average Bonchev–Trinajstić information content (AvgIpc) is 2.88. The minimum atomic E-state index is -0.296. The van der Waals surface area contributed by atoms with E-state index in [0.717, 1.165) is 30.2 Å². The van der Waals surface area contributed by atoms with Crippen LogP contribution >= 0.6 is 27.3 Å². The number of hydrogen-bond donors (Lipinski definition) is 1. The van der Waals surface area contributed by atoms with Gasteiger partial charge < -0.3 is 10.1 Å². The van der Waals surface area contributed by atoms with Crippen LogP contribution in [0.2, 0.25) is 0 Å². The third-order valence-corrected chi connectivity index (χ3v) is 4.09. The van der Waals surface area contributed by atoms with Crippen LogP contribution < -0.4 is 10.1 Å². The van der Waals surface area contributed by atoms with Crippen LogP contribution in [0.25, 0.3) is 0 Å². The Hall–Kier alpha value is -0.980. The third-order valence-electron chi connectivity index (χ3n) is 2.58. The summed E-state index contributed by atoms with van der Waals surface area (Å²) in [4.78, 5) is 4.48. The summed E-state index contributed by atoms with van der Waals surface area (Å²) in [5.41, 5.74) is 0.892. The topological polar surface area (TPSA) is 34.2 Å². The zero-order valence-corrected chi connectivity index (χ0v) is 13.6. The smallest absolute Gasteiger partial charge is 0.137 e. The Bertz CT molecular complexity index is 562. The zero-order chi connectivity index (χ0) is 14.4. The molecule has 0 unspecified atom stereocenters. The van der Waals surface area contributed by atoms with Crippen molar-refractivity contribution in [3.05, 3.63) is 44.6 Å². The van der Waals surface area contributed by atoms with E-state index in [1.807, 2.05) is 5.38 Å². The van der Waals surface area contributed by atoms with Crippen LogP contribution in [0.5, 0.6) is 5.75 Å². The van der Waals surface area contributed by atoms with Crippen molar-refractivity contribution < 1.29 is 9.13 Å². The molecule has 0 atom stereocenters. The average molecular weight is 359 g/mol. The number of halogens is 2. The van der Waals surface area contributed by atoms with Crippen molar-refractivity contribution in [2.45, 2.75) is 26.5 Å². The predicted molar refractivity (Wildman–Crippen MR) is 82.5 cm³/mol. The SMILES string of the molecule is CCCNCc1nc(COc2ccc(F)c(Br)c2)cs1. The molecule has 0 aliphatic heterocycles. The van der Waals surface area contributed by atoms with Gasteiger partial charge in [0.15, 0.2) is 0 Å². The summed E-state index contributed by atoms with van der Waals surface area (Å²) in [6.07, 6.45) is 1.11. The maximum Gasteiger partial charge on any atom is 0.137 e. The van der Waals surface area contributed by atoms with Crippen LogP contribution in [0, 0.1) is 5.82 Å². The van der Waals surface area contributed by atoms with Gasteiger partial charge >= 0.3 is 0 Å². The highest BCUT2D eigenvalue weighted by molar-refractivity contribution is 9.10. The summed E-state index contributed by atoms with van der Waals surface area (Å²) in [6.45, 7) is 4.31. The van der Waals surface area contributed by atoms with Crippen LogP contribution in [0.15, 0.2) is 28.1 Å². The van der Waals surface area contributed by atoms with Crippen LogP contribution in [-0.4, -0.2) is 11.5 Å². The molecule has 3 nitrogen and oxygen atoms in total. The van der Waals surface area contributed by atoms with Gasteiger partial charge in [-0.1, -0.05) is 6.92 Å². The maximum atomic E-state index is 13.1. The summed E-state index contributed by atoms with van der Waals surface area (Å²) < 4.78 is 19.1. The van der Waals surface area contributed by atoms with E-state index in [9.17, 15) is 4.39 Å². The molecule has 1 heterocycles. The number of thiazole rings is 1. The van der Waals surface area contributed by atoms with Gasteiger partial charge in [0.1, 0.15) is 23.2 Å². The van der Waals surface area contributed by atoms with Gasteiger partial charge in [-0.25, -0.2) is 9.37 Å². The second-order valence-corrected chi connectivity index (χ2v) is 6.07. The lowest BCUT2D eigenvalue weighted by atomic mass is 10.3. The summed E-state index contributed by atoms with van der Waals surface area (Å²) in [7, 11) is 0. The molecule has 0 fully saturated rings. The molecule has 0 saturated carbocycles. The van der Waals surface area contributed by atoms with Crippen molar-refractivity contribution >= 4 is 27.3 Å². The van der Waals surface area contributed by atoms with Gasteiger partial charge in [0, 0.05) is 11.9 Å². The van der Waals surface area contributed by atoms with E-state index in [0.29, 0.717) is 16.8 Å². The minimum absolute atomic E-state index is 0.296. The first-order chi connectivity index (χ1) is 9.69. The number of nitrogens with zero attached hydrogens (tertiary/aromatic N) is 1. The third kappa shape index (κ3) is 4.54. The number of hydrogen-bond acceptors (Lipinski definition) is 4. The lowest BCUT2D eigenvalue weighted by molar-refractivity contribution is 0.301. The van der Waals surface area contributed by atoms with Crippen molar-refractivity contribution in [2.24, 2.45) is 0 Å². The van der Waals surface area contributed by atoms with Crippen LogP contribution in [-0.2, 0) is 13.2 Å². The minimum Gasteiger partial charge on any atom is -0.487 e. The molecule has 0 aliphatic carbocycles. The number of rotatable bonds is 7. The van der Waals surface area contributed by atoms with E-state index in [-0.39, 0.29) is 5.82 Å². The Morgan fingerprint density at radius 2 is 2.30 bits per heavy atom. The molecule has 0 aliphatic rings. The molecular weight excluding hydrogens is 343 g/mol. The van der Waals surface area contributed by atoms with Gasteiger partial charge in [0.2, 0.25) is 0 Å². The quantitative estimate of drug-likeness (QED) is 0.755. The number of aromatic nitrogens is 1. The Balaban J connectivity index is 1.85. The molecule has 2 rings (SSSR count). The van der Waals surface area contributed by atoms with Crippen LogP contribution in [0.4, 0.5) is 4.39 Å². The molecule has 2 aromatic rings. The Morgan fingerprint density at radius 3 is 3.05 bits per heavy atom. The maximum absolute atomic E-state index is 13.1. The number of ether oxygens (including phenoxy) is 1. The fourth-order valence-corrected chi connectivity index (χ4v) is 2.70. The van der Waals surface area contributed by atoms with Crippen molar-refractivity contribution in [1.82, 2.24) is 10.3 Å². The molecule has 6 heteroatoms. The fourth-order valence-electron chi connectivity index (χ4n) is 1.59. The number of nitrogens with one attached hydrogen (secondary N) is 1. The summed E-state index contributed by atoms with van der Waals surface area (Å²) in [5, 5.41) is 6.35. The van der Waals surface area contributed by atoms with Crippen molar-refractivity contribution in [3.63, 3.8) is 0 Å². The fraction of sp³-hybridized carbons (Fsp3) is 0.357. The highest BCUT2D eigenvalue weighted by Gasteiger charge is 2.05. The molecule has 0 amide bonds. The van der Waals surface area contributed by atoms with Gasteiger partial charge in [0.05, 0.1) is 10.2 Å². The monoisotopic (exact) mass is 358 g/mol. The molecule has 0 saturated heterocycles. The van der Waals surface area contributed by atoms with Crippen molar-refractivity contribution in [1.29, 1.82) is 0 Å². The van der Waals surface area contributed by atoms with E-state index in [1.54, 1.807) is 23.5 Å². The van der Waals surface area contributed by atoms with Crippen molar-refractivity contribution in [2.75, 3.05) is 6.54 Å². The van der Waals surface area contributed by atoms with Gasteiger partial charge in [-0.05, 0) is 47.1 Å². The second-order valence-electron chi connectivity index (χ2n) is 4.27. The lowest BCUT2D eigenvalue weighted by Gasteiger charge is -2.05. The molecule has 20 heavy (non-hydrogen) atoms.